The number of benzene rings is 1. The van der Waals surface area contributed by atoms with Crippen LogP contribution in [0.5, 0.6) is 0 Å². The summed E-state index contributed by atoms with van der Waals surface area (Å²) in [4.78, 5) is 25.6. The molecule has 4 heteroatoms. The predicted octanol–water partition coefficient (Wildman–Crippen LogP) is 2.28. The molecule has 0 saturated carbocycles. The van der Waals surface area contributed by atoms with Gasteiger partial charge in [-0.1, -0.05) is 30.4 Å². The average Bonchev–Trinajstić information content (AvgIpc) is 2.67. The van der Waals surface area contributed by atoms with Gasteiger partial charge in [-0.15, -0.1) is 0 Å². The van der Waals surface area contributed by atoms with Crippen molar-refractivity contribution in [2.45, 2.75) is 19.4 Å². The van der Waals surface area contributed by atoms with Gasteiger partial charge in [-0.3, -0.25) is 14.5 Å². The van der Waals surface area contributed by atoms with Gasteiger partial charge < -0.3 is 0 Å². The molecule has 1 saturated heterocycles. The Kier molecular flexibility index (Phi) is 2.93. The summed E-state index contributed by atoms with van der Waals surface area (Å²) in [5.41, 5.74) is 0.385. The zero-order chi connectivity index (χ0) is 13.4. The van der Waals surface area contributed by atoms with Gasteiger partial charge in [0.25, 0.3) is 0 Å². The third kappa shape index (κ3) is 1.97. The van der Waals surface area contributed by atoms with E-state index in [1.165, 1.54) is 11.0 Å². The van der Waals surface area contributed by atoms with E-state index in [0.29, 0.717) is 18.4 Å². The first kappa shape index (κ1) is 12.1. The number of likely N-dealkylation sites (tertiary alicyclic amines) is 1. The second-order valence-electron chi connectivity index (χ2n) is 5.01. The predicted molar refractivity (Wildman–Crippen MR) is 67.3 cm³/mol. The first-order chi connectivity index (χ1) is 9.18. The van der Waals surface area contributed by atoms with Crippen LogP contribution in [0.1, 0.15) is 18.4 Å². The van der Waals surface area contributed by atoms with Crippen LogP contribution in [-0.4, -0.2) is 16.7 Å². The number of imide groups is 1. The molecular formula is C15H14FNO2. The lowest BCUT2D eigenvalue weighted by atomic mass is 9.85. The number of hydrogen-bond acceptors (Lipinski definition) is 2. The summed E-state index contributed by atoms with van der Waals surface area (Å²) in [6.45, 7) is 0.0390. The lowest BCUT2D eigenvalue weighted by Crippen LogP contribution is -2.30. The molecule has 0 bridgehead atoms. The van der Waals surface area contributed by atoms with E-state index in [2.05, 4.69) is 0 Å². The van der Waals surface area contributed by atoms with Crippen LogP contribution in [0, 0.1) is 17.7 Å². The Morgan fingerprint density at radius 3 is 2.21 bits per heavy atom. The van der Waals surface area contributed by atoms with Crippen molar-refractivity contribution >= 4 is 11.8 Å². The quantitative estimate of drug-likeness (QED) is 0.603. The van der Waals surface area contributed by atoms with Gasteiger partial charge in [-0.2, -0.15) is 0 Å². The minimum atomic E-state index is -0.379. The summed E-state index contributed by atoms with van der Waals surface area (Å²) >= 11 is 0. The highest BCUT2D eigenvalue weighted by Gasteiger charge is 2.47. The standard InChI is InChI=1S/C15H14FNO2/c16-13-8-4-1-5-10(13)9-17-14(18)11-6-2-3-7-12(11)15(17)19/h1-5,8,11-12H,6-7,9H2/t11-,12+. The number of amides is 2. The van der Waals surface area contributed by atoms with E-state index in [9.17, 15) is 14.0 Å². The second kappa shape index (κ2) is 4.61. The summed E-state index contributed by atoms with van der Waals surface area (Å²) in [6, 6.07) is 6.25. The normalized spacial score (nSPS) is 25.8. The minimum absolute atomic E-state index is 0.0390. The Bertz CT molecular complexity index is 541. The number of halogens is 1. The highest BCUT2D eigenvalue weighted by Crippen LogP contribution is 2.35. The molecule has 1 fully saturated rings. The largest absolute Gasteiger partial charge is 0.277 e. The van der Waals surface area contributed by atoms with Gasteiger partial charge in [0, 0.05) is 5.56 Å². The molecule has 1 heterocycles. The van der Waals surface area contributed by atoms with Crippen molar-refractivity contribution in [3.63, 3.8) is 0 Å². The summed E-state index contributed by atoms with van der Waals surface area (Å²) in [5.74, 6) is -1.20. The molecule has 0 unspecified atom stereocenters. The van der Waals surface area contributed by atoms with Crippen LogP contribution < -0.4 is 0 Å². The second-order valence-corrected chi connectivity index (χ2v) is 5.01. The van der Waals surface area contributed by atoms with Gasteiger partial charge in [0.15, 0.2) is 0 Å². The summed E-state index contributed by atoms with van der Waals surface area (Å²) < 4.78 is 13.6. The van der Waals surface area contributed by atoms with Crippen LogP contribution in [-0.2, 0) is 16.1 Å². The molecule has 0 aromatic heterocycles. The molecule has 0 N–H and O–H groups in total. The van der Waals surface area contributed by atoms with Crippen molar-refractivity contribution in [2.24, 2.45) is 11.8 Å². The van der Waals surface area contributed by atoms with Crippen molar-refractivity contribution < 1.29 is 14.0 Å². The highest BCUT2D eigenvalue weighted by molar-refractivity contribution is 6.05. The maximum atomic E-state index is 13.6. The lowest BCUT2D eigenvalue weighted by Gasteiger charge is -2.15. The molecule has 19 heavy (non-hydrogen) atoms. The monoisotopic (exact) mass is 259 g/mol. The topological polar surface area (TPSA) is 37.4 Å². The molecule has 2 amide bonds. The van der Waals surface area contributed by atoms with E-state index < -0.39 is 0 Å². The minimum Gasteiger partial charge on any atom is -0.277 e. The first-order valence-corrected chi connectivity index (χ1v) is 6.42. The van der Waals surface area contributed by atoms with Gasteiger partial charge in [0.1, 0.15) is 5.82 Å². The van der Waals surface area contributed by atoms with E-state index in [-0.39, 0.29) is 36.0 Å². The van der Waals surface area contributed by atoms with Gasteiger partial charge in [0.05, 0.1) is 18.4 Å². The zero-order valence-corrected chi connectivity index (χ0v) is 10.4. The zero-order valence-electron chi connectivity index (χ0n) is 10.4. The summed E-state index contributed by atoms with van der Waals surface area (Å²) in [5, 5.41) is 0. The molecular weight excluding hydrogens is 245 g/mol. The Morgan fingerprint density at radius 1 is 1.05 bits per heavy atom. The Labute approximate surface area is 110 Å². The van der Waals surface area contributed by atoms with E-state index in [0.717, 1.165) is 0 Å². The van der Waals surface area contributed by atoms with E-state index >= 15 is 0 Å². The van der Waals surface area contributed by atoms with Gasteiger partial charge >= 0.3 is 0 Å². The van der Waals surface area contributed by atoms with Crippen molar-refractivity contribution in [3.05, 3.63) is 47.8 Å². The van der Waals surface area contributed by atoms with Crippen molar-refractivity contribution in [2.75, 3.05) is 0 Å². The smallest absolute Gasteiger partial charge is 0.233 e. The van der Waals surface area contributed by atoms with E-state index in [1.54, 1.807) is 18.2 Å². The summed E-state index contributed by atoms with van der Waals surface area (Å²) in [7, 11) is 0. The maximum Gasteiger partial charge on any atom is 0.233 e. The van der Waals surface area contributed by atoms with Gasteiger partial charge in [-0.25, -0.2) is 4.39 Å². The lowest BCUT2D eigenvalue weighted by molar-refractivity contribution is -0.140. The third-order valence-corrected chi connectivity index (χ3v) is 3.89. The van der Waals surface area contributed by atoms with Crippen molar-refractivity contribution in [3.8, 4) is 0 Å². The molecule has 98 valence electrons. The first-order valence-electron chi connectivity index (χ1n) is 6.42. The fraction of sp³-hybridized carbons (Fsp3) is 0.333. The molecule has 1 aromatic carbocycles. The highest BCUT2D eigenvalue weighted by atomic mass is 19.1. The number of carbonyl (C=O) groups excluding carboxylic acids is 2. The van der Waals surface area contributed by atoms with Crippen LogP contribution in [0.4, 0.5) is 4.39 Å². The van der Waals surface area contributed by atoms with Crippen LogP contribution in [0.2, 0.25) is 0 Å². The SMILES string of the molecule is O=C1[C@H]2CC=CC[C@H]2C(=O)N1Cc1ccccc1F. The third-order valence-electron chi connectivity index (χ3n) is 3.89. The van der Waals surface area contributed by atoms with E-state index in [4.69, 9.17) is 0 Å². The van der Waals surface area contributed by atoms with Crippen LogP contribution in [0.15, 0.2) is 36.4 Å². The number of rotatable bonds is 2. The number of allylic oxidation sites excluding steroid dienone is 2. The number of carbonyl (C=O) groups is 2. The Morgan fingerprint density at radius 2 is 1.63 bits per heavy atom. The molecule has 1 aliphatic carbocycles. The van der Waals surface area contributed by atoms with Crippen molar-refractivity contribution in [1.29, 1.82) is 0 Å². The molecule has 3 rings (SSSR count). The molecule has 3 nitrogen and oxygen atoms in total. The Hall–Kier alpha value is -1.97. The molecule has 2 aliphatic rings. The van der Waals surface area contributed by atoms with Gasteiger partial charge in [-0.05, 0) is 18.9 Å². The maximum absolute atomic E-state index is 13.6. The fourth-order valence-corrected chi connectivity index (χ4v) is 2.82. The Balaban J connectivity index is 1.85. The molecule has 2 atom stereocenters. The van der Waals surface area contributed by atoms with Crippen LogP contribution in [0.3, 0.4) is 0 Å². The molecule has 0 radical (unpaired) electrons. The number of hydrogen-bond donors (Lipinski definition) is 0. The van der Waals surface area contributed by atoms with Crippen molar-refractivity contribution in [1.82, 2.24) is 4.90 Å². The van der Waals surface area contributed by atoms with Crippen LogP contribution in [0.25, 0.3) is 0 Å². The van der Waals surface area contributed by atoms with Crippen LogP contribution >= 0.6 is 0 Å². The molecule has 1 aliphatic heterocycles. The molecule has 0 spiro atoms. The average molecular weight is 259 g/mol. The number of nitrogens with zero attached hydrogens (tertiary/aromatic N) is 1. The molecule has 1 aromatic rings. The van der Waals surface area contributed by atoms with E-state index in [1.807, 2.05) is 12.2 Å². The summed E-state index contributed by atoms with van der Waals surface area (Å²) in [6.07, 6.45) is 5.11. The van der Waals surface area contributed by atoms with Gasteiger partial charge in [0.2, 0.25) is 11.8 Å². The number of fused-ring (bicyclic) bond motifs is 1. The fourth-order valence-electron chi connectivity index (χ4n) is 2.82.